The fourth-order valence-corrected chi connectivity index (χ4v) is 3.82. The summed E-state index contributed by atoms with van der Waals surface area (Å²) in [4.78, 5) is 0. The van der Waals surface area contributed by atoms with E-state index in [2.05, 4.69) is 49.4 Å². The van der Waals surface area contributed by atoms with E-state index in [1.807, 2.05) is 6.08 Å². The van der Waals surface area contributed by atoms with Crippen LogP contribution in [0.4, 0.5) is 0 Å². The van der Waals surface area contributed by atoms with Crippen molar-refractivity contribution in [1.29, 1.82) is 0 Å². The van der Waals surface area contributed by atoms with Crippen LogP contribution in [-0.2, 0) is 0 Å². The molecule has 0 rings (SSSR count). The second-order valence-corrected chi connectivity index (χ2v) is 6.90. The van der Waals surface area contributed by atoms with Gasteiger partial charge < -0.3 is 0 Å². The lowest BCUT2D eigenvalue weighted by Crippen LogP contribution is -2.36. The monoisotopic (exact) mass is 204 g/mol. The zero-order chi connectivity index (χ0) is 10.5. The van der Waals surface area contributed by atoms with Gasteiger partial charge in [-0.25, -0.2) is 0 Å². The van der Waals surface area contributed by atoms with Crippen LogP contribution in [-0.4, -0.2) is 47.8 Å². The molecule has 0 aliphatic carbocycles. The fourth-order valence-electron chi connectivity index (χ4n) is 1.27. The first-order valence-corrected chi connectivity index (χ1v) is 6.94. The van der Waals surface area contributed by atoms with Gasteiger partial charge in [0.25, 0.3) is 0 Å². The minimum Gasteiger partial charge on any atom is -0.259 e. The van der Waals surface area contributed by atoms with E-state index in [1.165, 1.54) is 0 Å². The Balaban J connectivity index is 4.59. The van der Waals surface area contributed by atoms with Gasteiger partial charge in [-0.05, 0) is 20.4 Å². The largest absolute Gasteiger partial charge is 0.259 e. The van der Waals surface area contributed by atoms with Gasteiger partial charge >= 0.3 is 0 Å². The smallest absolute Gasteiger partial charge is 0.0192 e. The highest BCUT2D eigenvalue weighted by molar-refractivity contribution is 8.29. The maximum Gasteiger partial charge on any atom is 0.0192 e. The summed E-state index contributed by atoms with van der Waals surface area (Å²) in [6.45, 7) is 10.5. The molecule has 0 spiro atoms. The Morgan fingerprint density at radius 1 is 1.15 bits per heavy atom. The molecule has 0 N–H and O–H groups in total. The third kappa shape index (κ3) is 3.01. The zero-order valence-electron chi connectivity index (χ0n) is 9.71. The molecule has 3 heteroatoms. The summed E-state index contributed by atoms with van der Waals surface area (Å²) < 4.78 is 4.89. The molecule has 2 nitrogen and oxygen atoms in total. The van der Waals surface area contributed by atoms with Crippen molar-refractivity contribution in [1.82, 2.24) is 8.61 Å². The molecule has 0 aromatic carbocycles. The third-order valence-electron chi connectivity index (χ3n) is 2.67. The predicted octanol–water partition coefficient (Wildman–Crippen LogP) is 2.34. The van der Waals surface area contributed by atoms with Crippen LogP contribution in [0, 0.1) is 0 Å². The first-order chi connectivity index (χ1) is 6.02. The van der Waals surface area contributed by atoms with Gasteiger partial charge in [-0.15, -0.1) is 17.0 Å². The lowest BCUT2D eigenvalue weighted by Gasteiger charge is -2.49. The molecule has 0 amide bonds. The van der Waals surface area contributed by atoms with E-state index in [4.69, 9.17) is 0 Å². The highest BCUT2D eigenvalue weighted by Crippen LogP contribution is 2.49. The number of hydrogen-bond acceptors (Lipinski definition) is 2. The highest BCUT2D eigenvalue weighted by Gasteiger charge is 2.24. The van der Waals surface area contributed by atoms with E-state index < -0.39 is 10.4 Å². The van der Waals surface area contributed by atoms with Gasteiger partial charge in [0, 0.05) is 18.8 Å². The van der Waals surface area contributed by atoms with Crippen molar-refractivity contribution in [3.8, 4) is 0 Å². The average Bonchev–Trinajstić information content (AvgIpc) is 2.15. The molecule has 0 saturated carbocycles. The second kappa shape index (κ2) is 5.68. The van der Waals surface area contributed by atoms with Crippen molar-refractivity contribution in [3.05, 3.63) is 12.7 Å². The Hall–Kier alpha value is 0.01000. The van der Waals surface area contributed by atoms with E-state index in [9.17, 15) is 0 Å². The number of hydrogen-bond donors (Lipinski definition) is 0. The van der Waals surface area contributed by atoms with Gasteiger partial charge in [-0.2, -0.15) is 0 Å². The maximum atomic E-state index is 3.85. The SMILES string of the molecule is C=CCS(C)(N(C)CC)N(C)CC. The van der Waals surface area contributed by atoms with Crippen LogP contribution < -0.4 is 0 Å². The first-order valence-electron chi connectivity index (χ1n) is 4.82. The number of nitrogens with zero attached hydrogens (tertiary/aromatic N) is 2. The summed E-state index contributed by atoms with van der Waals surface area (Å²) in [5.74, 6) is 1.08. The summed E-state index contributed by atoms with van der Waals surface area (Å²) in [6, 6.07) is 0. The van der Waals surface area contributed by atoms with Crippen molar-refractivity contribution in [2.75, 3.05) is 39.2 Å². The van der Waals surface area contributed by atoms with Gasteiger partial charge in [0.2, 0.25) is 0 Å². The summed E-state index contributed by atoms with van der Waals surface area (Å²) in [7, 11) is 3.60. The standard InChI is InChI=1S/C10H24N2S/c1-7-10-13(6,11(4)8-2)12(5)9-3/h7H,1,8-10H2,2-6H3. The molecule has 13 heavy (non-hydrogen) atoms. The van der Waals surface area contributed by atoms with Crippen LogP contribution in [0.15, 0.2) is 12.7 Å². The fraction of sp³-hybridized carbons (Fsp3) is 0.800. The molecule has 0 aromatic rings. The molecule has 0 aliphatic rings. The van der Waals surface area contributed by atoms with Crippen molar-refractivity contribution >= 4 is 10.4 Å². The molecule has 0 saturated heterocycles. The summed E-state index contributed by atoms with van der Waals surface area (Å²) >= 11 is 0. The summed E-state index contributed by atoms with van der Waals surface area (Å²) in [5, 5.41) is 0. The predicted molar refractivity (Wildman–Crippen MR) is 65.2 cm³/mol. The van der Waals surface area contributed by atoms with Crippen molar-refractivity contribution in [2.45, 2.75) is 13.8 Å². The van der Waals surface area contributed by atoms with E-state index in [1.54, 1.807) is 0 Å². The Morgan fingerprint density at radius 2 is 1.54 bits per heavy atom. The van der Waals surface area contributed by atoms with E-state index in [0.717, 1.165) is 18.8 Å². The van der Waals surface area contributed by atoms with Crippen LogP contribution in [0.3, 0.4) is 0 Å². The van der Waals surface area contributed by atoms with Gasteiger partial charge in [-0.1, -0.05) is 19.9 Å². The van der Waals surface area contributed by atoms with Gasteiger partial charge in [0.05, 0.1) is 0 Å². The van der Waals surface area contributed by atoms with E-state index in [0.29, 0.717) is 0 Å². The van der Waals surface area contributed by atoms with Gasteiger partial charge in [0.1, 0.15) is 0 Å². The van der Waals surface area contributed by atoms with Crippen LogP contribution in [0.25, 0.3) is 0 Å². The van der Waals surface area contributed by atoms with Crippen LogP contribution >= 0.6 is 10.4 Å². The lowest BCUT2D eigenvalue weighted by atomic mass is 10.8. The molecule has 0 atom stereocenters. The molecule has 0 heterocycles. The molecule has 0 aromatic heterocycles. The molecule has 0 radical (unpaired) electrons. The normalized spacial score (nSPS) is 13.8. The molecule has 0 fully saturated rings. The van der Waals surface area contributed by atoms with Crippen LogP contribution in [0.2, 0.25) is 0 Å². The van der Waals surface area contributed by atoms with Crippen molar-refractivity contribution in [3.63, 3.8) is 0 Å². The van der Waals surface area contributed by atoms with Gasteiger partial charge in [-0.3, -0.25) is 8.61 Å². The Kier molecular flexibility index (Phi) is 5.68. The Labute approximate surface area is 85.2 Å². The third-order valence-corrected chi connectivity index (χ3v) is 6.74. The average molecular weight is 204 g/mol. The topological polar surface area (TPSA) is 6.48 Å². The quantitative estimate of drug-likeness (QED) is 0.613. The molecule has 0 unspecified atom stereocenters. The summed E-state index contributed by atoms with van der Waals surface area (Å²) in [5.41, 5.74) is 0. The lowest BCUT2D eigenvalue weighted by molar-refractivity contribution is 0.500. The second-order valence-electron chi connectivity index (χ2n) is 3.34. The summed E-state index contributed by atoms with van der Waals surface area (Å²) in [6.07, 6.45) is 4.38. The van der Waals surface area contributed by atoms with Crippen molar-refractivity contribution < 1.29 is 0 Å². The molecule has 0 bridgehead atoms. The minimum absolute atomic E-state index is 0.798. The first kappa shape index (κ1) is 13.0. The highest BCUT2D eigenvalue weighted by atomic mass is 32.3. The van der Waals surface area contributed by atoms with Crippen molar-refractivity contribution in [2.24, 2.45) is 0 Å². The van der Waals surface area contributed by atoms with Crippen LogP contribution in [0.5, 0.6) is 0 Å². The molecular weight excluding hydrogens is 180 g/mol. The molecule has 80 valence electrons. The van der Waals surface area contributed by atoms with Gasteiger partial charge in [0.15, 0.2) is 0 Å². The van der Waals surface area contributed by atoms with E-state index in [-0.39, 0.29) is 0 Å². The van der Waals surface area contributed by atoms with Crippen LogP contribution in [0.1, 0.15) is 13.8 Å². The minimum atomic E-state index is -0.798. The molecule has 0 aliphatic heterocycles. The Bertz CT molecular complexity index is 149. The molecular formula is C10H24N2S. The maximum absolute atomic E-state index is 3.85. The van der Waals surface area contributed by atoms with E-state index >= 15 is 0 Å². The zero-order valence-corrected chi connectivity index (χ0v) is 10.5. The number of rotatable bonds is 6. The Morgan fingerprint density at radius 3 is 1.77 bits per heavy atom.